The summed E-state index contributed by atoms with van der Waals surface area (Å²) in [5, 5.41) is 0. The fourth-order valence-corrected chi connectivity index (χ4v) is 3.40. The van der Waals surface area contributed by atoms with Crippen molar-refractivity contribution in [3.63, 3.8) is 0 Å². The fourth-order valence-electron chi connectivity index (χ4n) is 2.24. The maximum Gasteiger partial charge on any atom is 0.261 e. The Morgan fingerprint density at radius 2 is 2.06 bits per heavy atom. The molecule has 0 aliphatic carbocycles. The Bertz CT molecular complexity index is 525. The molecule has 0 bridgehead atoms. The number of nitrogens with zero attached hydrogens (tertiary/aromatic N) is 1. The summed E-state index contributed by atoms with van der Waals surface area (Å²) < 4.78 is 23.1. The summed E-state index contributed by atoms with van der Waals surface area (Å²) in [6.07, 6.45) is 0.883. The van der Waals surface area contributed by atoms with Gasteiger partial charge >= 0.3 is 0 Å². The first-order valence-corrected chi connectivity index (χ1v) is 8.00. The zero-order valence-corrected chi connectivity index (χ0v) is 11.6. The SMILES string of the molecule is CC(C)N1CCc2cccc(S(=O)(=O)Cl)c2C1. The molecule has 0 fully saturated rings. The van der Waals surface area contributed by atoms with Gasteiger partial charge in [-0.05, 0) is 37.5 Å². The summed E-state index contributed by atoms with van der Waals surface area (Å²) in [5.41, 5.74) is 1.96. The Balaban J connectivity index is 2.47. The third kappa shape index (κ3) is 2.64. The monoisotopic (exact) mass is 273 g/mol. The van der Waals surface area contributed by atoms with Crippen LogP contribution in [0.15, 0.2) is 23.1 Å². The van der Waals surface area contributed by atoms with Crippen molar-refractivity contribution >= 4 is 19.7 Å². The van der Waals surface area contributed by atoms with E-state index in [-0.39, 0.29) is 4.90 Å². The highest BCUT2D eigenvalue weighted by Crippen LogP contribution is 2.28. The molecule has 3 nitrogen and oxygen atoms in total. The molecule has 0 aromatic heterocycles. The topological polar surface area (TPSA) is 37.4 Å². The molecule has 0 saturated heterocycles. The Morgan fingerprint density at radius 1 is 1.35 bits per heavy atom. The smallest absolute Gasteiger partial charge is 0.261 e. The van der Waals surface area contributed by atoms with E-state index in [9.17, 15) is 8.42 Å². The summed E-state index contributed by atoms with van der Waals surface area (Å²) >= 11 is 0. The molecule has 1 aliphatic heterocycles. The van der Waals surface area contributed by atoms with Crippen LogP contribution in [0.4, 0.5) is 0 Å². The maximum absolute atomic E-state index is 11.5. The molecule has 0 amide bonds. The zero-order chi connectivity index (χ0) is 12.6. The maximum atomic E-state index is 11.5. The molecule has 1 aliphatic rings. The van der Waals surface area contributed by atoms with Gasteiger partial charge in [-0.2, -0.15) is 0 Å². The van der Waals surface area contributed by atoms with Crippen molar-refractivity contribution in [2.45, 2.75) is 37.8 Å². The minimum absolute atomic E-state index is 0.266. The van der Waals surface area contributed by atoms with Gasteiger partial charge in [0.05, 0.1) is 4.90 Å². The lowest BCUT2D eigenvalue weighted by molar-refractivity contribution is 0.201. The van der Waals surface area contributed by atoms with Crippen molar-refractivity contribution in [1.29, 1.82) is 0 Å². The first-order valence-electron chi connectivity index (χ1n) is 5.69. The van der Waals surface area contributed by atoms with E-state index in [0.29, 0.717) is 12.6 Å². The van der Waals surface area contributed by atoms with E-state index in [1.54, 1.807) is 12.1 Å². The number of halogens is 1. The highest BCUT2D eigenvalue weighted by molar-refractivity contribution is 8.13. The van der Waals surface area contributed by atoms with E-state index in [0.717, 1.165) is 24.1 Å². The number of hydrogen-bond donors (Lipinski definition) is 0. The summed E-state index contributed by atoms with van der Waals surface area (Å²) in [4.78, 5) is 2.52. The van der Waals surface area contributed by atoms with Crippen LogP contribution in [-0.4, -0.2) is 25.9 Å². The molecule has 1 aromatic rings. The van der Waals surface area contributed by atoms with Crippen molar-refractivity contribution in [3.05, 3.63) is 29.3 Å². The first-order chi connectivity index (χ1) is 7.89. The van der Waals surface area contributed by atoms with E-state index < -0.39 is 9.05 Å². The summed E-state index contributed by atoms with van der Waals surface area (Å²) in [6, 6.07) is 5.75. The molecule has 0 saturated carbocycles. The minimum atomic E-state index is -3.65. The van der Waals surface area contributed by atoms with Crippen LogP contribution in [-0.2, 0) is 22.0 Å². The Labute approximate surface area is 107 Å². The zero-order valence-electron chi connectivity index (χ0n) is 9.98. The Kier molecular flexibility index (Phi) is 3.48. The van der Waals surface area contributed by atoms with Crippen molar-refractivity contribution in [3.8, 4) is 0 Å². The van der Waals surface area contributed by atoms with Gasteiger partial charge in [0.1, 0.15) is 0 Å². The number of benzene rings is 1. The average molecular weight is 274 g/mol. The van der Waals surface area contributed by atoms with E-state index in [2.05, 4.69) is 18.7 Å². The van der Waals surface area contributed by atoms with Gasteiger partial charge < -0.3 is 0 Å². The summed E-state index contributed by atoms with van der Waals surface area (Å²) in [7, 11) is 1.83. The van der Waals surface area contributed by atoms with E-state index >= 15 is 0 Å². The molecule has 94 valence electrons. The first kappa shape index (κ1) is 12.9. The number of fused-ring (bicyclic) bond motifs is 1. The van der Waals surface area contributed by atoms with Gasteiger partial charge in [-0.15, -0.1) is 0 Å². The molecule has 0 N–H and O–H groups in total. The molecule has 1 heterocycles. The standard InChI is InChI=1S/C12H16ClNO2S/c1-9(2)14-7-6-10-4-3-5-12(11(10)8-14)17(13,15)16/h3-5,9H,6-8H2,1-2H3. The predicted octanol–water partition coefficient (Wildman–Crippen LogP) is 2.38. The molecule has 0 unspecified atom stereocenters. The van der Waals surface area contributed by atoms with Crippen LogP contribution in [0, 0.1) is 0 Å². The Hall–Kier alpha value is -0.580. The molecule has 0 spiro atoms. The van der Waals surface area contributed by atoms with E-state index in [1.165, 1.54) is 0 Å². The van der Waals surface area contributed by atoms with Gasteiger partial charge in [-0.3, -0.25) is 4.90 Å². The molecule has 0 radical (unpaired) electrons. The highest BCUT2D eigenvalue weighted by atomic mass is 35.7. The van der Waals surface area contributed by atoms with Gasteiger partial charge in [0.2, 0.25) is 0 Å². The third-order valence-corrected chi connectivity index (χ3v) is 4.66. The van der Waals surface area contributed by atoms with E-state index in [4.69, 9.17) is 10.7 Å². The van der Waals surface area contributed by atoms with Gasteiger partial charge in [0.25, 0.3) is 9.05 Å². The van der Waals surface area contributed by atoms with Crippen LogP contribution in [0.5, 0.6) is 0 Å². The summed E-state index contributed by atoms with van der Waals surface area (Å²) in [6.45, 7) is 5.86. The molecule has 1 aromatic carbocycles. The molecule has 0 atom stereocenters. The van der Waals surface area contributed by atoms with Crippen molar-refractivity contribution in [2.24, 2.45) is 0 Å². The van der Waals surface area contributed by atoms with Gasteiger partial charge in [0.15, 0.2) is 0 Å². The lowest BCUT2D eigenvalue weighted by atomic mass is 9.99. The lowest BCUT2D eigenvalue weighted by Gasteiger charge is -2.32. The quantitative estimate of drug-likeness (QED) is 0.777. The lowest BCUT2D eigenvalue weighted by Crippen LogP contribution is -2.36. The van der Waals surface area contributed by atoms with Crippen molar-refractivity contribution in [1.82, 2.24) is 4.90 Å². The molecular weight excluding hydrogens is 258 g/mol. The largest absolute Gasteiger partial charge is 0.296 e. The van der Waals surface area contributed by atoms with Crippen LogP contribution in [0.2, 0.25) is 0 Å². The van der Waals surface area contributed by atoms with Crippen LogP contribution in [0.1, 0.15) is 25.0 Å². The average Bonchev–Trinajstić information content (AvgIpc) is 2.26. The summed E-state index contributed by atoms with van der Waals surface area (Å²) in [5.74, 6) is 0. The van der Waals surface area contributed by atoms with Crippen LogP contribution in [0.25, 0.3) is 0 Å². The van der Waals surface area contributed by atoms with Gasteiger partial charge in [-0.25, -0.2) is 8.42 Å². The van der Waals surface area contributed by atoms with Crippen LogP contribution < -0.4 is 0 Å². The number of hydrogen-bond acceptors (Lipinski definition) is 3. The minimum Gasteiger partial charge on any atom is -0.296 e. The van der Waals surface area contributed by atoms with Gasteiger partial charge in [-0.1, -0.05) is 12.1 Å². The number of rotatable bonds is 2. The Morgan fingerprint density at radius 3 is 2.65 bits per heavy atom. The predicted molar refractivity (Wildman–Crippen MR) is 68.7 cm³/mol. The second-order valence-corrected chi connectivity index (χ2v) is 7.18. The molecular formula is C12H16ClNO2S. The molecule has 17 heavy (non-hydrogen) atoms. The highest BCUT2D eigenvalue weighted by Gasteiger charge is 2.24. The van der Waals surface area contributed by atoms with Crippen LogP contribution >= 0.6 is 10.7 Å². The second kappa shape index (κ2) is 4.59. The van der Waals surface area contributed by atoms with Crippen molar-refractivity contribution in [2.75, 3.05) is 6.54 Å². The fraction of sp³-hybridized carbons (Fsp3) is 0.500. The third-order valence-electron chi connectivity index (χ3n) is 3.25. The second-order valence-electron chi connectivity index (χ2n) is 4.65. The van der Waals surface area contributed by atoms with Crippen LogP contribution in [0.3, 0.4) is 0 Å². The van der Waals surface area contributed by atoms with Gasteiger partial charge in [0, 0.05) is 29.8 Å². The molecule has 2 rings (SSSR count). The van der Waals surface area contributed by atoms with E-state index in [1.807, 2.05) is 6.07 Å². The normalized spacial score (nSPS) is 17.2. The molecule has 5 heteroatoms. The van der Waals surface area contributed by atoms with Crippen molar-refractivity contribution < 1.29 is 8.42 Å².